The number of thiophene rings is 1. The van der Waals surface area contributed by atoms with E-state index >= 15 is 0 Å². The van der Waals surface area contributed by atoms with Crippen LogP contribution in [0.3, 0.4) is 0 Å². The molecule has 4 fully saturated rings. The van der Waals surface area contributed by atoms with E-state index in [1.807, 2.05) is 18.2 Å². The quantitative estimate of drug-likeness (QED) is 0.896. The molecule has 25 heavy (non-hydrogen) atoms. The largest absolute Gasteiger partial charge is 0.439 e. The van der Waals surface area contributed by atoms with Crippen LogP contribution < -0.4 is 10.6 Å². The lowest BCUT2D eigenvalue weighted by Gasteiger charge is -2.49. The number of carbonyl (C=O) groups excluding carboxylic acids is 1. The molecular formula is C18H20N4O2S. The number of pyridine rings is 1. The van der Waals surface area contributed by atoms with Crippen molar-refractivity contribution in [3.8, 4) is 10.4 Å². The van der Waals surface area contributed by atoms with E-state index in [0.717, 1.165) is 47.9 Å². The van der Waals surface area contributed by atoms with Crippen LogP contribution in [0.5, 0.6) is 0 Å². The van der Waals surface area contributed by atoms with Gasteiger partial charge in [-0.3, -0.25) is 14.8 Å². The Kier molecular flexibility index (Phi) is 3.30. The van der Waals surface area contributed by atoms with Gasteiger partial charge in [0.2, 0.25) is 0 Å². The summed E-state index contributed by atoms with van der Waals surface area (Å²) in [6.45, 7) is 3.80. The van der Waals surface area contributed by atoms with Gasteiger partial charge in [-0.25, -0.2) is 4.79 Å². The van der Waals surface area contributed by atoms with Gasteiger partial charge in [0, 0.05) is 35.3 Å². The third kappa shape index (κ3) is 2.41. The molecule has 0 unspecified atom stereocenters. The highest BCUT2D eigenvalue weighted by Gasteiger charge is 2.55. The molecule has 4 aliphatic heterocycles. The molecule has 6 heterocycles. The first-order valence-electron chi connectivity index (χ1n) is 8.67. The molecule has 4 saturated heterocycles. The number of piperidine rings is 3. The van der Waals surface area contributed by atoms with Gasteiger partial charge in [0.15, 0.2) is 0 Å². The summed E-state index contributed by atoms with van der Waals surface area (Å²) in [5.41, 5.74) is 7.12. The molecular weight excluding hydrogens is 336 g/mol. The standard InChI is InChI=1S/C18H20N4O2S/c19-14-7-12(8-20-9-14)15-1-2-16(25-15)22-11-18(24-17(22)23)10-21-5-3-13(18)4-6-21/h1-2,7-9,13H,3-6,10-11,19H2/t18-/m1/s1. The van der Waals surface area contributed by atoms with Gasteiger partial charge in [-0.05, 0) is 44.1 Å². The van der Waals surface area contributed by atoms with Crippen LogP contribution in [-0.4, -0.2) is 47.8 Å². The first-order valence-corrected chi connectivity index (χ1v) is 9.48. The number of hydrogen-bond donors (Lipinski definition) is 1. The topological polar surface area (TPSA) is 71.7 Å². The number of nitrogens with zero attached hydrogens (tertiary/aromatic N) is 3. The number of rotatable bonds is 2. The summed E-state index contributed by atoms with van der Waals surface area (Å²) in [7, 11) is 0. The third-order valence-electron chi connectivity index (χ3n) is 5.66. The summed E-state index contributed by atoms with van der Waals surface area (Å²) in [5.74, 6) is 0.490. The molecule has 1 spiro atoms. The van der Waals surface area contributed by atoms with E-state index in [1.54, 1.807) is 28.6 Å². The van der Waals surface area contributed by atoms with Crippen molar-refractivity contribution in [1.29, 1.82) is 0 Å². The van der Waals surface area contributed by atoms with Gasteiger partial charge in [0.25, 0.3) is 0 Å². The van der Waals surface area contributed by atoms with Gasteiger partial charge in [-0.1, -0.05) is 0 Å². The van der Waals surface area contributed by atoms with Crippen LogP contribution in [0.1, 0.15) is 12.8 Å². The minimum Gasteiger partial charge on any atom is -0.439 e. The second kappa shape index (κ2) is 5.44. The van der Waals surface area contributed by atoms with Gasteiger partial charge >= 0.3 is 6.09 Å². The fourth-order valence-electron chi connectivity index (χ4n) is 4.40. The van der Waals surface area contributed by atoms with Crippen molar-refractivity contribution >= 4 is 28.1 Å². The second-order valence-corrected chi connectivity index (χ2v) is 8.28. The summed E-state index contributed by atoms with van der Waals surface area (Å²) >= 11 is 1.58. The Bertz CT molecular complexity index is 830. The summed E-state index contributed by atoms with van der Waals surface area (Å²) in [6, 6.07) is 5.91. The highest BCUT2D eigenvalue weighted by molar-refractivity contribution is 7.19. The lowest BCUT2D eigenvalue weighted by atomic mass is 9.75. The second-order valence-electron chi connectivity index (χ2n) is 7.21. The van der Waals surface area contributed by atoms with Crippen LogP contribution in [0, 0.1) is 5.92 Å². The summed E-state index contributed by atoms with van der Waals surface area (Å²) < 4.78 is 5.94. The number of nitrogen functional groups attached to an aromatic ring is 1. The lowest BCUT2D eigenvalue weighted by molar-refractivity contribution is -0.0881. The Morgan fingerprint density at radius 3 is 2.80 bits per heavy atom. The molecule has 0 aromatic carbocycles. The van der Waals surface area contributed by atoms with Crippen molar-refractivity contribution in [2.24, 2.45) is 5.92 Å². The molecule has 2 aromatic rings. The maximum Gasteiger partial charge on any atom is 0.415 e. The van der Waals surface area contributed by atoms with Crippen LogP contribution in [-0.2, 0) is 4.74 Å². The minimum absolute atomic E-state index is 0.215. The predicted octanol–water partition coefficient (Wildman–Crippen LogP) is 2.81. The Morgan fingerprint density at radius 2 is 2.08 bits per heavy atom. The van der Waals surface area contributed by atoms with E-state index in [4.69, 9.17) is 10.5 Å². The lowest BCUT2D eigenvalue weighted by Crippen LogP contribution is -2.61. The molecule has 4 aliphatic rings. The molecule has 0 saturated carbocycles. The summed E-state index contributed by atoms with van der Waals surface area (Å²) in [6.07, 6.45) is 5.47. The summed E-state index contributed by atoms with van der Waals surface area (Å²) in [4.78, 5) is 22.0. The number of amides is 1. The maximum atomic E-state index is 12.6. The maximum absolute atomic E-state index is 12.6. The molecule has 1 atom stereocenters. The van der Waals surface area contributed by atoms with Crippen LogP contribution in [0.25, 0.3) is 10.4 Å². The number of aromatic nitrogens is 1. The average Bonchev–Trinajstić information content (AvgIpc) is 3.21. The molecule has 7 heteroatoms. The van der Waals surface area contributed by atoms with Crippen LogP contribution in [0.4, 0.5) is 15.5 Å². The molecule has 2 aromatic heterocycles. The summed E-state index contributed by atoms with van der Waals surface area (Å²) in [5, 5.41) is 0.927. The molecule has 1 amide bonds. The van der Waals surface area contributed by atoms with Crippen molar-refractivity contribution < 1.29 is 9.53 Å². The Balaban J connectivity index is 1.42. The predicted molar refractivity (Wildman–Crippen MR) is 97.7 cm³/mol. The van der Waals surface area contributed by atoms with E-state index in [2.05, 4.69) is 9.88 Å². The van der Waals surface area contributed by atoms with Gasteiger partial charge < -0.3 is 10.5 Å². The molecule has 6 rings (SSSR count). The SMILES string of the molecule is Nc1cncc(-c2ccc(N3C[C@@]4(CN5CCC4CC5)OC3=O)s2)c1. The minimum atomic E-state index is -0.323. The molecule has 0 aliphatic carbocycles. The first-order chi connectivity index (χ1) is 12.1. The Hall–Kier alpha value is -2.12. The van der Waals surface area contributed by atoms with E-state index in [9.17, 15) is 4.79 Å². The van der Waals surface area contributed by atoms with Gasteiger partial charge in [0.05, 0.1) is 12.2 Å². The van der Waals surface area contributed by atoms with Gasteiger partial charge in [0.1, 0.15) is 10.6 Å². The molecule has 0 radical (unpaired) electrons. The van der Waals surface area contributed by atoms with E-state index in [1.165, 1.54) is 0 Å². The number of nitrogens with two attached hydrogens (primary N) is 1. The zero-order valence-electron chi connectivity index (χ0n) is 13.9. The van der Waals surface area contributed by atoms with Crippen molar-refractivity contribution in [3.05, 3.63) is 30.6 Å². The fourth-order valence-corrected chi connectivity index (χ4v) is 5.38. The molecule has 2 N–H and O–H groups in total. The Labute approximate surface area is 150 Å². The Morgan fingerprint density at radius 1 is 1.24 bits per heavy atom. The van der Waals surface area contributed by atoms with Crippen molar-refractivity contribution in [2.75, 3.05) is 36.8 Å². The third-order valence-corrected chi connectivity index (χ3v) is 6.82. The molecule has 2 bridgehead atoms. The van der Waals surface area contributed by atoms with Crippen LogP contribution in [0.2, 0.25) is 0 Å². The molecule has 130 valence electrons. The number of ether oxygens (including phenoxy) is 1. The van der Waals surface area contributed by atoms with Crippen molar-refractivity contribution in [1.82, 2.24) is 9.88 Å². The van der Waals surface area contributed by atoms with Gasteiger partial charge in [-0.2, -0.15) is 0 Å². The van der Waals surface area contributed by atoms with Crippen LogP contribution >= 0.6 is 11.3 Å². The van der Waals surface area contributed by atoms with E-state index in [0.29, 0.717) is 18.2 Å². The highest BCUT2D eigenvalue weighted by atomic mass is 32.1. The normalized spacial score (nSPS) is 30.9. The van der Waals surface area contributed by atoms with Gasteiger partial charge in [-0.15, -0.1) is 11.3 Å². The highest BCUT2D eigenvalue weighted by Crippen LogP contribution is 2.45. The molecule has 6 nitrogen and oxygen atoms in total. The van der Waals surface area contributed by atoms with Crippen molar-refractivity contribution in [2.45, 2.75) is 18.4 Å². The zero-order chi connectivity index (χ0) is 17.0. The zero-order valence-corrected chi connectivity index (χ0v) is 14.7. The van der Waals surface area contributed by atoms with E-state index in [-0.39, 0.29) is 11.7 Å². The average molecular weight is 356 g/mol. The number of anilines is 2. The monoisotopic (exact) mass is 356 g/mol. The number of hydrogen-bond acceptors (Lipinski definition) is 6. The van der Waals surface area contributed by atoms with Crippen molar-refractivity contribution in [3.63, 3.8) is 0 Å². The first kappa shape index (κ1) is 15.2. The van der Waals surface area contributed by atoms with E-state index < -0.39 is 0 Å². The number of carbonyl (C=O) groups is 1. The smallest absolute Gasteiger partial charge is 0.415 e. The van der Waals surface area contributed by atoms with Crippen LogP contribution in [0.15, 0.2) is 30.6 Å². The fraction of sp³-hybridized carbons (Fsp3) is 0.444. The number of fused-ring (bicyclic) bond motifs is 2.